The molecule has 0 aliphatic carbocycles. The van der Waals surface area contributed by atoms with Gasteiger partial charge in [-0.2, -0.15) is 0 Å². The largest absolute Gasteiger partial charge is 0.0622 e. The monoisotopic (exact) mass is 260 g/mol. The minimum absolute atomic E-state index is 0.283. The van der Waals surface area contributed by atoms with Crippen LogP contribution in [0, 0.1) is 0 Å². The van der Waals surface area contributed by atoms with Gasteiger partial charge in [-0.05, 0) is 23.6 Å². The van der Waals surface area contributed by atoms with E-state index in [1.54, 1.807) is 0 Å². The second kappa shape index (κ2) is 5.34. The molecular weight excluding hydrogens is 240 g/mol. The summed E-state index contributed by atoms with van der Waals surface area (Å²) in [6.45, 7) is 0.283. The molecule has 0 heteroatoms. The summed E-state index contributed by atoms with van der Waals surface area (Å²) < 4.78 is 8.32. The van der Waals surface area contributed by atoms with E-state index in [1.165, 1.54) is 0 Å². The van der Waals surface area contributed by atoms with Gasteiger partial charge in [0.05, 0.1) is 0 Å². The molecule has 0 amide bonds. The van der Waals surface area contributed by atoms with E-state index in [1.807, 2.05) is 54.6 Å². The Morgan fingerprint density at radius 1 is 0.550 bits per heavy atom. The van der Waals surface area contributed by atoms with Crippen LogP contribution in [-0.4, -0.2) is 0 Å². The van der Waals surface area contributed by atoms with Crippen LogP contribution in [0.5, 0.6) is 0 Å². The summed E-state index contributed by atoms with van der Waals surface area (Å²) >= 11 is 0. The molecule has 98 valence electrons. The highest BCUT2D eigenvalue weighted by atomic mass is 14.3. The van der Waals surface area contributed by atoms with Crippen molar-refractivity contribution in [2.24, 2.45) is 0 Å². The Balaban J connectivity index is 2.29. The fraction of sp³-hybridized carbons (Fsp3) is 0.100. The number of benzene rings is 3. The first-order valence-electron chi connectivity index (χ1n) is 7.54. The van der Waals surface area contributed by atoms with Crippen molar-refractivity contribution in [1.29, 1.82) is 0 Å². The summed E-state index contributed by atoms with van der Waals surface area (Å²) in [4.78, 5) is 0. The fourth-order valence-electron chi connectivity index (χ4n) is 2.67. The van der Waals surface area contributed by atoms with Crippen LogP contribution in [0.25, 0.3) is 0 Å². The van der Waals surface area contributed by atoms with Crippen LogP contribution in [0.2, 0.25) is 0 Å². The standard InChI is InChI=1S/C20H18/c1-20(17-11-5-2-6-12-17,18-13-7-3-8-14-18)19-15-9-4-10-16-19/h2-16H,1H3/i1T. The topological polar surface area (TPSA) is 0 Å². The third-order valence-corrected chi connectivity index (χ3v) is 3.80. The highest BCUT2D eigenvalue weighted by Crippen LogP contribution is 2.38. The lowest BCUT2D eigenvalue weighted by atomic mass is 9.71. The minimum Gasteiger partial charge on any atom is -0.0622 e. The van der Waals surface area contributed by atoms with Crippen LogP contribution in [0.15, 0.2) is 91.0 Å². The number of hydrogen-bond acceptors (Lipinski definition) is 0. The Bertz CT molecular complexity index is 578. The van der Waals surface area contributed by atoms with E-state index < -0.39 is 5.41 Å². The Morgan fingerprint density at radius 2 is 0.850 bits per heavy atom. The lowest BCUT2D eigenvalue weighted by molar-refractivity contribution is 0.692. The molecule has 0 atom stereocenters. The van der Waals surface area contributed by atoms with Crippen LogP contribution < -0.4 is 0 Å². The average molecular weight is 260 g/mol. The summed E-state index contributed by atoms with van der Waals surface area (Å²) in [5.74, 6) is 0. The van der Waals surface area contributed by atoms with Crippen molar-refractivity contribution < 1.29 is 1.37 Å². The van der Waals surface area contributed by atoms with E-state index in [-0.39, 0.29) is 6.90 Å². The van der Waals surface area contributed by atoms with Crippen molar-refractivity contribution >= 4 is 0 Å². The summed E-state index contributed by atoms with van der Waals surface area (Å²) in [6.07, 6.45) is 0. The van der Waals surface area contributed by atoms with Crippen molar-refractivity contribution in [3.63, 3.8) is 0 Å². The van der Waals surface area contributed by atoms with E-state index in [9.17, 15) is 0 Å². The molecule has 3 aromatic carbocycles. The molecule has 0 saturated heterocycles. The van der Waals surface area contributed by atoms with Crippen molar-refractivity contribution in [3.8, 4) is 0 Å². The SMILES string of the molecule is [3H]CC(c1ccccc1)(c1ccccc1)c1ccccc1. The lowest BCUT2D eigenvalue weighted by Crippen LogP contribution is -2.25. The normalized spacial score (nSPS) is 11.9. The number of hydrogen-bond donors (Lipinski definition) is 0. The van der Waals surface area contributed by atoms with Gasteiger partial charge in [0.1, 0.15) is 0 Å². The van der Waals surface area contributed by atoms with Crippen LogP contribution >= 0.6 is 0 Å². The maximum Gasteiger partial charge on any atom is 0.0423 e. The Morgan fingerprint density at radius 3 is 1.10 bits per heavy atom. The van der Waals surface area contributed by atoms with E-state index in [4.69, 9.17) is 1.37 Å². The third-order valence-electron chi connectivity index (χ3n) is 3.80. The predicted octanol–water partition coefficient (Wildman–Crippen LogP) is 5.04. The van der Waals surface area contributed by atoms with Gasteiger partial charge in [-0.1, -0.05) is 91.0 Å². The van der Waals surface area contributed by atoms with Crippen LogP contribution in [-0.2, 0) is 5.41 Å². The zero-order chi connectivity index (χ0) is 14.5. The quantitative estimate of drug-likeness (QED) is 0.579. The Labute approximate surface area is 122 Å². The van der Waals surface area contributed by atoms with Crippen LogP contribution in [0.4, 0.5) is 0 Å². The summed E-state index contributed by atoms with van der Waals surface area (Å²) in [7, 11) is 0. The van der Waals surface area contributed by atoms with Gasteiger partial charge in [-0.25, -0.2) is 0 Å². The molecule has 0 aliphatic rings. The lowest BCUT2D eigenvalue weighted by Gasteiger charge is -2.31. The van der Waals surface area contributed by atoms with E-state index in [2.05, 4.69) is 36.4 Å². The van der Waals surface area contributed by atoms with Gasteiger partial charge in [0, 0.05) is 6.79 Å². The molecule has 0 aliphatic heterocycles. The zero-order valence-electron chi connectivity index (χ0n) is 12.4. The second-order valence-electron chi connectivity index (χ2n) is 5.00. The van der Waals surface area contributed by atoms with E-state index in [0.29, 0.717) is 0 Å². The summed E-state index contributed by atoms with van der Waals surface area (Å²) in [5, 5.41) is 0. The first-order valence-corrected chi connectivity index (χ1v) is 6.84. The van der Waals surface area contributed by atoms with Gasteiger partial charge >= 0.3 is 0 Å². The molecular formula is C20H18. The van der Waals surface area contributed by atoms with Crippen LogP contribution in [0.3, 0.4) is 0 Å². The van der Waals surface area contributed by atoms with E-state index in [0.717, 1.165) is 16.7 Å². The van der Waals surface area contributed by atoms with Gasteiger partial charge in [0.25, 0.3) is 0 Å². The molecule has 0 unspecified atom stereocenters. The molecule has 20 heavy (non-hydrogen) atoms. The van der Waals surface area contributed by atoms with Crippen molar-refractivity contribution in [3.05, 3.63) is 108 Å². The molecule has 0 fully saturated rings. The molecule has 0 aromatic heterocycles. The Hall–Kier alpha value is -2.34. The summed E-state index contributed by atoms with van der Waals surface area (Å²) in [5.41, 5.74) is 3.08. The smallest absolute Gasteiger partial charge is 0.0423 e. The van der Waals surface area contributed by atoms with E-state index >= 15 is 0 Å². The fourth-order valence-corrected chi connectivity index (χ4v) is 2.67. The minimum atomic E-state index is -0.413. The molecule has 3 aromatic rings. The van der Waals surface area contributed by atoms with Gasteiger partial charge in [0.2, 0.25) is 0 Å². The molecule has 0 saturated carbocycles. The van der Waals surface area contributed by atoms with Crippen molar-refractivity contribution in [2.45, 2.75) is 12.3 Å². The molecule has 0 spiro atoms. The molecule has 3 rings (SSSR count). The predicted molar refractivity (Wildman–Crippen MR) is 84.9 cm³/mol. The van der Waals surface area contributed by atoms with Gasteiger partial charge in [0.15, 0.2) is 0 Å². The first kappa shape index (κ1) is 11.5. The third kappa shape index (κ3) is 2.14. The molecule has 0 nitrogen and oxygen atoms in total. The Kier molecular flexibility index (Phi) is 3.07. The van der Waals surface area contributed by atoms with Crippen molar-refractivity contribution in [2.75, 3.05) is 0 Å². The molecule has 0 bridgehead atoms. The second-order valence-corrected chi connectivity index (χ2v) is 5.00. The number of rotatable bonds is 3. The molecule has 0 N–H and O–H groups in total. The maximum absolute atomic E-state index is 8.32. The first-order chi connectivity index (χ1) is 10.4. The van der Waals surface area contributed by atoms with Crippen molar-refractivity contribution in [1.82, 2.24) is 0 Å². The highest BCUT2D eigenvalue weighted by Gasteiger charge is 2.30. The zero-order valence-corrected chi connectivity index (χ0v) is 11.4. The van der Waals surface area contributed by atoms with Gasteiger partial charge in [-0.15, -0.1) is 0 Å². The van der Waals surface area contributed by atoms with Gasteiger partial charge < -0.3 is 0 Å². The summed E-state index contributed by atoms with van der Waals surface area (Å²) in [6, 6.07) is 31.1. The maximum atomic E-state index is 8.32. The molecule has 0 radical (unpaired) electrons. The van der Waals surface area contributed by atoms with Gasteiger partial charge in [-0.3, -0.25) is 0 Å². The highest BCUT2D eigenvalue weighted by molar-refractivity contribution is 5.49. The average Bonchev–Trinajstić information content (AvgIpc) is 2.59. The van der Waals surface area contributed by atoms with Crippen LogP contribution in [0.1, 0.15) is 25.0 Å². The molecule has 0 heterocycles.